The second kappa shape index (κ2) is 7.38. The average molecular weight is 312 g/mol. The Bertz CT molecular complexity index is 619. The summed E-state index contributed by atoms with van der Waals surface area (Å²) in [6.07, 6.45) is 1.02. The predicted octanol–water partition coefficient (Wildman–Crippen LogP) is 4.91. The Kier molecular flexibility index (Phi) is 5.53. The molecule has 2 aromatic rings. The largest absolute Gasteiger partial charge is 0.454 e. The molecule has 0 saturated carbocycles. The van der Waals surface area contributed by atoms with E-state index in [1.54, 1.807) is 6.07 Å². The van der Waals surface area contributed by atoms with Crippen molar-refractivity contribution in [3.05, 3.63) is 58.6 Å². The molecule has 0 atom stereocenters. The Hall–Kier alpha value is -1.65. The third kappa shape index (κ3) is 4.41. The highest BCUT2D eigenvalue weighted by atomic mass is 35.5. The number of benzene rings is 2. The van der Waals surface area contributed by atoms with E-state index in [1.807, 2.05) is 0 Å². The van der Waals surface area contributed by atoms with Gasteiger partial charge in [0.05, 0.1) is 5.02 Å². The summed E-state index contributed by atoms with van der Waals surface area (Å²) in [5, 5.41) is 3.19. The van der Waals surface area contributed by atoms with E-state index in [1.165, 1.54) is 24.3 Å². The van der Waals surface area contributed by atoms with Crippen LogP contribution in [0.1, 0.15) is 18.9 Å². The van der Waals surface area contributed by atoms with Crippen LogP contribution in [0.15, 0.2) is 36.4 Å². The van der Waals surface area contributed by atoms with Crippen LogP contribution >= 0.6 is 11.6 Å². The lowest BCUT2D eigenvalue weighted by molar-refractivity contribution is 0.438. The van der Waals surface area contributed by atoms with E-state index in [-0.39, 0.29) is 16.5 Å². The molecule has 21 heavy (non-hydrogen) atoms. The maximum Gasteiger partial charge on any atom is 0.166 e. The summed E-state index contributed by atoms with van der Waals surface area (Å²) >= 11 is 5.58. The molecule has 0 radical (unpaired) electrons. The fourth-order valence-electron chi connectivity index (χ4n) is 1.81. The number of hydrogen-bond donors (Lipinski definition) is 1. The first-order valence-corrected chi connectivity index (χ1v) is 7.10. The van der Waals surface area contributed by atoms with Gasteiger partial charge in [-0.2, -0.15) is 0 Å². The molecule has 2 aromatic carbocycles. The molecule has 0 unspecified atom stereocenters. The lowest BCUT2D eigenvalue weighted by Gasteiger charge is -2.09. The van der Waals surface area contributed by atoms with Crippen molar-refractivity contribution in [1.29, 1.82) is 0 Å². The molecule has 0 aliphatic carbocycles. The maximum absolute atomic E-state index is 14.0. The van der Waals surface area contributed by atoms with Crippen LogP contribution in [0, 0.1) is 11.6 Å². The first-order valence-electron chi connectivity index (χ1n) is 6.72. The van der Waals surface area contributed by atoms with Crippen molar-refractivity contribution in [3.8, 4) is 11.5 Å². The summed E-state index contributed by atoms with van der Waals surface area (Å²) in [4.78, 5) is 0. The molecule has 0 aliphatic heterocycles. The van der Waals surface area contributed by atoms with E-state index in [4.69, 9.17) is 16.3 Å². The van der Waals surface area contributed by atoms with E-state index in [0.29, 0.717) is 6.54 Å². The molecule has 112 valence electrons. The molecule has 0 amide bonds. The summed E-state index contributed by atoms with van der Waals surface area (Å²) in [5.74, 6) is -0.834. The molecule has 2 rings (SSSR count). The van der Waals surface area contributed by atoms with E-state index in [2.05, 4.69) is 12.2 Å². The summed E-state index contributed by atoms with van der Waals surface area (Å²) in [5.41, 5.74) is 0.829. The van der Waals surface area contributed by atoms with Crippen LogP contribution in [0.5, 0.6) is 11.5 Å². The number of nitrogens with one attached hydrogen (secondary N) is 1. The zero-order chi connectivity index (χ0) is 15.2. The summed E-state index contributed by atoms with van der Waals surface area (Å²) in [6.45, 7) is 3.54. The highest BCUT2D eigenvalue weighted by Crippen LogP contribution is 2.27. The average Bonchev–Trinajstić information content (AvgIpc) is 2.46. The van der Waals surface area contributed by atoms with Gasteiger partial charge >= 0.3 is 0 Å². The van der Waals surface area contributed by atoms with Crippen molar-refractivity contribution in [2.45, 2.75) is 19.9 Å². The van der Waals surface area contributed by atoms with Gasteiger partial charge in [0.25, 0.3) is 0 Å². The number of ether oxygens (including phenoxy) is 1. The van der Waals surface area contributed by atoms with Gasteiger partial charge in [0, 0.05) is 12.6 Å². The van der Waals surface area contributed by atoms with Crippen molar-refractivity contribution in [2.24, 2.45) is 0 Å². The zero-order valence-corrected chi connectivity index (χ0v) is 12.4. The maximum atomic E-state index is 14.0. The van der Waals surface area contributed by atoms with Crippen LogP contribution in [-0.2, 0) is 6.54 Å². The Morgan fingerprint density at radius 1 is 1.10 bits per heavy atom. The van der Waals surface area contributed by atoms with Gasteiger partial charge in [-0.05, 0) is 42.8 Å². The summed E-state index contributed by atoms with van der Waals surface area (Å²) < 4.78 is 32.6. The standard InChI is InChI=1S/C16H16ClF2NO/c1-2-7-20-10-11-3-6-16(15(19)8-11)21-12-4-5-13(17)14(18)9-12/h3-6,8-9,20H,2,7,10H2,1H3. The normalized spacial score (nSPS) is 10.7. The molecule has 0 fully saturated rings. The van der Waals surface area contributed by atoms with Gasteiger partial charge in [0.2, 0.25) is 0 Å². The second-order valence-corrected chi connectivity index (χ2v) is 5.03. The third-order valence-electron chi connectivity index (χ3n) is 2.87. The van der Waals surface area contributed by atoms with E-state index in [9.17, 15) is 8.78 Å². The fourth-order valence-corrected chi connectivity index (χ4v) is 1.93. The van der Waals surface area contributed by atoms with Crippen molar-refractivity contribution in [2.75, 3.05) is 6.54 Å². The van der Waals surface area contributed by atoms with Gasteiger partial charge in [-0.25, -0.2) is 8.78 Å². The molecule has 0 bridgehead atoms. The lowest BCUT2D eigenvalue weighted by atomic mass is 10.2. The molecule has 0 aromatic heterocycles. The lowest BCUT2D eigenvalue weighted by Crippen LogP contribution is -2.13. The van der Waals surface area contributed by atoms with Crippen LogP contribution in [0.4, 0.5) is 8.78 Å². The van der Waals surface area contributed by atoms with Crippen LogP contribution in [-0.4, -0.2) is 6.54 Å². The van der Waals surface area contributed by atoms with Crippen molar-refractivity contribution < 1.29 is 13.5 Å². The molecule has 0 spiro atoms. The van der Waals surface area contributed by atoms with Crippen molar-refractivity contribution in [3.63, 3.8) is 0 Å². The van der Waals surface area contributed by atoms with Gasteiger partial charge < -0.3 is 10.1 Å². The van der Waals surface area contributed by atoms with Gasteiger partial charge in [-0.15, -0.1) is 0 Å². The fraction of sp³-hybridized carbons (Fsp3) is 0.250. The minimum absolute atomic E-state index is 0.000156. The highest BCUT2D eigenvalue weighted by Gasteiger charge is 2.08. The van der Waals surface area contributed by atoms with Gasteiger partial charge in [0.15, 0.2) is 11.6 Å². The molecule has 2 nitrogen and oxygen atoms in total. The summed E-state index contributed by atoms with van der Waals surface area (Å²) in [6, 6.07) is 8.69. The first kappa shape index (κ1) is 15.7. The molecule has 1 N–H and O–H groups in total. The van der Waals surface area contributed by atoms with Crippen LogP contribution in [0.3, 0.4) is 0 Å². The number of hydrogen-bond acceptors (Lipinski definition) is 2. The Balaban J connectivity index is 2.08. The van der Waals surface area contributed by atoms with Gasteiger partial charge in [-0.3, -0.25) is 0 Å². The monoisotopic (exact) mass is 311 g/mol. The van der Waals surface area contributed by atoms with E-state index >= 15 is 0 Å². The van der Waals surface area contributed by atoms with Crippen LogP contribution in [0.25, 0.3) is 0 Å². The Morgan fingerprint density at radius 2 is 1.90 bits per heavy atom. The van der Waals surface area contributed by atoms with Crippen LogP contribution in [0.2, 0.25) is 5.02 Å². The number of rotatable bonds is 6. The molecular formula is C16H16ClF2NO. The van der Waals surface area contributed by atoms with E-state index < -0.39 is 11.6 Å². The third-order valence-corrected chi connectivity index (χ3v) is 3.18. The second-order valence-electron chi connectivity index (χ2n) is 4.62. The Morgan fingerprint density at radius 3 is 2.57 bits per heavy atom. The van der Waals surface area contributed by atoms with E-state index in [0.717, 1.165) is 24.6 Å². The zero-order valence-electron chi connectivity index (χ0n) is 11.6. The van der Waals surface area contributed by atoms with Crippen molar-refractivity contribution in [1.82, 2.24) is 5.32 Å². The molecule has 0 aliphatic rings. The highest BCUT2D eigenvalue weighted by molar-refractivity contribution is 6.30. The molecule has 5 heteroatoms. The minimum atomic E-state index is -0.602. The van der Waals surface area contributed by atoms with Crippen LogP contribution < -0.4 is 10.1 Å². The topological polar surface area (TPSA) is 21.3 Å². The summed E-state index contributed by atoms with van der Waals surface area (Å²) in [7, 11) is 0. The van der Waals surface area contributed by atoms with Gasteiger partial charge in [0.1, 0.15) is 11.6 Å². The smallest absolute Gasteiger partial charge is 0.166 e. The minimum Gasteiger partial charge on any atom is -0.454 e. The SMILES string of the molecule is CCCNCc1ccc(Oc2ccc(Cl)c(F)c2)c(F)c1. The number of halogens is 3. The molecule has 0 saturated heterocycles. The molecule has 0 heterocycles. The van der Waals surface area contributed by atoms with Crippen molar-refractivity contribution >= 4 is 11.6 Å². The quantitative estimate of drug-likeness (QED) is 0.765. The van der Waals surface area contributed by atoms with Gasteiger partial charge in [-0.1, -0.05) is 24.6 Å². The first-order chi connectivity index (χ1) is 10.1. The predicted molar refractivity (Wildman–Crippen MR) is 79.9 cm³/mol. The molecular weight excluding hydrogens is 296 g/mol. The Labute approximate surface area is 127 Å².